The molecule has 3 rings (SSSR count). The minimum absolute atomic E-state index is 0.306. The Morgan fingerprint density at radius 1 is 1.28 bits per heavy atom. The molecule has 0 spiro atoms. The van der Waals surface area contributed by atoms with E-state index in [0.717, 1.165) is 24.9 Å². The van der Waals surface area contributed by atoms with Crippen molar-refractivity contribution < 1.29 is 9.18 Å². The lowest BCUT2D eigenvalue weighted by Crippen LogP contribution is -2.13. The minimum atomic E-state index is -0.560. The number of halogens is 1. The quantitative estimate of drug-likeness (QED) is 0.533. The number of carbonyl (C=O) groups is 1. The van der Waals surface area contributed by atoms with Crippen LogP contribution in [0, 0.1) is 5.82 Å². The van der Waals surface area contributed by atoms with Crippen molar-refractivity contribution in [2.45, 2.75) is 39.0 Å². The summed E-state index contributed by atoms with van der Waals surface area (Å²) >= 11 is 0. The summed E-state index contributed by atoms with van der Waals surface area (Å²) in [6.07, 6.45) is 7.35. The molecule has 1 aromatic carbocycles. The van der Waals surface area contributed by atoms with E-state index in [9.17, 15) is 9.18 Å². The van der Waals surface area contributed by atoms with Gasteiger partial charge >= 0.3 is 0 Å². The highest BCUT2D eigenvalue weighted by atomic mass is 19.1. The predicted octanol–water partition coefficient (Wildman–Crippen LogP) is 4.34. The number of amides is 1. The Morgan fingerprint density at radius 3 is 2.84 bits per heavy atom. The summed E-state index contributed by atoms with van der Waals surface area (Å²) in [7, 11) is 0. The van der Waals surface area contributed by atoms with E-state index in [1.807, 2.05) is 0 Å². The van der Waals surface area contributed by atoms with Crippen LogP contribution in [-0.4, -0.2) is 22.4 Å². The maximum atomic E-state index is 13.7. The normalized spacial score (nSPS) is 11.3. The van der Waals surface area contributed by atoms with Crippen LogP contribution < -0.4 is 11.1 Å². The summed E-state index contributed by atoms with van der Waals surface area (Å²) in [6, 6.07) is 4.49. The van der Waals surface area contributed by atoms with E-state index >= 15 is 0 Å². The lowest BCUT2D eigenvalue weighted by atomic mass is 10.1. The standard InChI is InChI=1S/C19H23FN4O/c1-2-3-4-5-6-9-22-19-16-13-10-12(20)7-8-15(13)24-17(16)14(11-23-19)18(21)25/h7-8,10-11,24H,2-6,9H2,1H3,(H2,21,25)(H,22,23). The Morgan fingerprint density at radius 2 is 2.08 bits per heavy atom. The Balaban J connectivity index is 1.95. The van der Waals surface area contributed by atoms with Crippen LogP contribution in [0.1, 0.15) is 49.4 Å². The summed E-state index contributed by atoms with van der Waals surface area (Å²) in [5, 5.41) is 4.72. The van der Waals surface area contributed by atoms with Crippen LogP contribution in [0.5, 0.6) is 0 Å². The van der Waals surface area contributed by atoms with Gasteiger partial charge in [0.1, 0.15) is 11.6 Å². The third-order valence-electron chi connectivity index (χ3n) is 4.43. The SMILES string of the molecule is CCCCCCCNc1ncc(C(N)=O)c2[nH]c3ccc(F)cc3c12. The number of hydrogen-bond acceptors (Lipinski definition) is 3. The number of carbonyl (C=O) groups excluding carboxylic acids is 1. The van der Waals surface area contributed by atoms with Gasteiger partial charge in [-0.15, -0.1) is 0 Å². The number of pyridine rings is 1. The van der Waals surface area contributed by atoms with E-state index in [4.69, 9.17) is 5.73 Å². The van der Waals surface area contributed by atoms with Crippen LogP contribution in [-0.2, 0) is 0 Å². The van der Waals surface area contributed by atoms with Gasteiger partial charge in [-0.25, -0.2) is 9.37 Å². The number of primary amides is 1. The molecule has 132 valence electrons. The van der Waals surface area contributed by atoms with Gasteiger partial charge < -0.3 is 16.0 Å². The average molecular weight is 342 g/mol. The number of fused-ring (bicyclic) bond motifs is 3. The van der Waals surface area contributed by atoms with Gasteiger partial charge in [-0.3, -0.25) is 4.79 Å². The summed E-state index contributed by atoms with van der Waals surface area (Å²) in [6.45, 7) is 2.97. The predicted molar refractivity (Wildman–Crippen MR) is 99.3 cm³/mol. The van der Waals surface area contributed by atoms with Crippen molar-refractivity contribution in [3.8, 4) is 0 Å². The highest BCUT2D eigenvalue weighted by Crippen LogP contribution is 2.32. The molecule has 0 bridgehead atoms. The molecule has 0 aliphatic rings. The fraction of sp³-hybridized carbons (Fsp3) is 0.368. The van der Waals surface area contributed by atoms with Gasteiger partial charge in [0, 0.05) is 23.6 Å². The minimum Gasteiger partial charge on any atom is -0.369 e. The summed E-state index contributed by atoms with van der Waals surface area (Å²) < 4.78 is 13.7. The highest BCUT2D eigenvalue weighted by molar-refractivity contribution is 6.18. The third-order valence-corrected chi connectivity index (χ3v) is 4.43. The first-order chi connectivity index (χ1) is 12.1. The highest BCUT2D eigenvalue weighted by Gasteiger charge is 2.16. The largest absolute Gasteiger partial charge is 0.369 e. The van der Waals surface area contributed by atoms with Crippen LogP contribution in [0.4, 0.5) is 10.2 Å². The van der Waals surface area contributed by atoms with Gasteiger partial charge in [-0.05, 0) is 24.6 Å². The number of nitrogens with one attached hydrogen (secondary N) is 2. The Bertz CT molecular complexity index is 903. The van der Waals surface area contributed by atoms with Gasteiger partial charge in [0.2, 0.25) is 0 Å². The third kappa shape index (κ3) is 3.57. The fourth-order valence-electron chi connectivity index (χ4n) is 3.13. The molecule has 0 radical (unpaired) electrons. The van der Waals surface area contributed by atoms with Crippen molar-refractivity contribution >= 4 is 33.5 Å². The zero-order valence-electron chi connectivity index (χ0n) is 14.4. The number of benzene rings is 1. The number of anilines is 1. The molecule has 0 atom stereocenters. The van der Waals surface area contributed by atoms with Crippen LogP contribution >= 0.6 is 0 Å². The number of aromatic amines is 1. The molecule has 3 aromatic rings. The van der Waals surface area contributed by atoms with Crippen molar-refractivity contribution in [1.29, 1.82) is 0 Å². The molecule has 0 unspecified atom stereocenters. The maximum absolute atomic E-state index is 13.7. The van der Waals surface area contributed by atoms with E-state index in [0.29, 0.717) is 27.7 Å². The Kier molecular flexibility index (Phi) is 5.16. The van der Waals surface area contributed by atoms with E-state index in [2.05, 4.69) is 22.2 Å². The van der Waals surface area contributed by atoms with Crippen molar-refractivity contribution in [3.05, 3.63) is 35.8 Å². The molecule has 0 aliphatic heterocycles. The van der Waals surface area contributed by atoms with Crippen LogP contribution in [0.2, 0.25) is 0 Å². The zero-order valence-corrected chi connectivity index (χ0v) is 14.4. The van der Waals surface area contributed by atoms with Crippen molar-refractivity contribution in [3.63, 3.8) is 0 Å². The summed E-state index contributed by atoms with van der Waals surface area (Å²) in [5.41, 5.74) is 7.10. The molecule has 0 saturated heterocycles. The monoisotopic (exact) mass is 342 g/mol. The van der Waals surface area contributed by atoms with Crippen LogP contribution in [0.15, 0.2) is 24.4 Å². The molecule has 0 fully saturated rings. The second-order valence-electron chi connectivity index (χ2n) is 6.29. The van der Waals surface area contributed by atoms with Crippen LogP contribution in [0.25, 0.3) is 21.8 Å². The van der Waals surface area contributed by atoms with Crippen LogP contribution in [0.3, 0.4) is 0 Å². The first-order valence-electron chi connectivity index (χ1n) is 8.75. The topological polar surface area (TPSA) is 83.8 Å². The molecular weight excluding hydrogens is 319 g/mol. The number of H-pyrrole nitrogens is 1. The second kappa shape index (κ2) is 7.51. The lowest BCUT2D eigenvalue weighted by Gasteiger charge is -2.09. The number of aromatic nitrogens is 2. The summed E-state index contributed by atoms with van der Waals surface area (Å²) in [5.74, 6) is -0.244. The molecule has 5 nitrogen and oxygen atoms in total. The molecule has 2 heterocycles. The zero-order chi connectivity index (χ0) is 17.8. The van der Waals surface area contributed by atoms with Crippen molar-refractivity contribution in [2.24, 2.45) is 5.73 Å². The number of nitrogens with two attached hydrogens (primary N) is 1. The number of unbranched alkanes of at least 4 members (excludes halogenated alkanes) is 4. The summed E-state index contributed by atoms with van der Waals surface area (Å²) in [4.78, 5) is 19.2. The first kappa shape index (κ1) is 17.2. The Labute approximate surface area is 145 Å². The smallest absolute Gasteiger partial charge is 0.252 e. The number of hydrogen-bond donors (Lipinski definition) is 3. The first-order valence-corrected chi connectivity index (χ1v) is 8.75. The molecular formula is C19H23FN4O. The molecule has 6 heteroatoms. The number of nitrogens with zero attached hydrogens (tertiary/aromatic N) is 1. The van der Waals surface area contributed by atoms with E-state index < -0.39 is 5.91 Å². The van der Waals surface area contributed by atoms with Gasteiger partial charge in [0.05, 0.1) is 16.5 Å². The Hall–Kier alpha value is -2.63. The van der Waals surface area contributed by atoms with Gasteiger partial charge in [-0.1, -0.05) is 32.6 Å². The van der Waals surface area contributed by atoms with Crippen molar-refractivity contribution in [1.82, 2.24) is 9.97 Å². The molecule has 25 heavy (non-hydrogen) atoms. The van der Waals surface area contributed by atoms with E-state index in [-0.39, 0.29) is 5.82 Å². The molecule has 2 aromatic heterocycles. The lowest BCUT2D eigenvalue weighted by molar-refractivity contribution is 0.100. The average Bonchev–Trinajstić information content (AvgIpc) is 2.96. The van der Waals surface area contributed by atoms with E-state index in [1.54, 1.807) is 6.07 Å². The van der Waals surface area contributed by atoms with Crippen molar-refractivity contribution in [2.75, 3.05) is 11.9 Å². The van der Waals surface area contributed by atoms with Gasteiger partial charge in [-0.2, -0.15) is 0 Å². The molecule has 1 amide bonds. The molecule has 4 N–H and O–H groups in total. The molecule has 0 aliphatic carbocycles. The van der Waals surface area contributed by atoms with Gasteiger partial charge in [0.15, 0.2) is 0 Å². The van der Waals surface area contributed by atoms with E-state index in [1.165, 1.54) is 37.6 Å². The number of rotatable bonds is 8. The maximum Gasteiger partial charge on any atom is 0.252 e. The molecule has 0 saturated carbocycles. The van der Waals surface area contributed by atoms with Gasteiger partial charge in [0.25, 0.3) is 5.91 Å². The fourth-order valence-corrected chi connectivity index (χ4v) is 3.13. The second-order valence-corrected chi connectivity index (χ2v) is 6.29.